The van der Waals surface area contributed by atoms with E-state index in [2.05, 4.69) is 15.4 Å². The molecule has 0 aromatic heterocycles. The number of aryl methyl sites for hydroxylation is 1. The molecule has 0 saturated heterocycles. The van der Waals surface area contributed by atoms with Gasteiger partial charge in [-0.05, 0) is 60.2 Å². The molecule has 7 nitrogen and oxygen atoms in total. The molecule has 166 valence electrons. The molecule has 1 heterocycles. The number of fused-ring (bicyclic) bond motifs is 1. The Labute approximate surface area is 187 Å². The number of carbonyl (C=O) groups is 2. The molecule has 2 amide bonds. The molecule has 0 fully saturated rings. The first-order valence-electron chi connectivity index (χ1n) is 10.1. The zero-order chi connectivity index (χ0) is 22.6. The maximum Gasteiger partial charge on any atom is 0.241 e. The molecule has 0 saturated carbocycles. The highest BCUT2D eigenvalue weighted by Gasteiger charge is 2.29. The van der Waals surface area contributed by atoms with Crippen molar-refractivity contribution in [1.29, 1.82) is 0 Å². The number of sulfonamides is 1. The topological polar surface area (TPSA) is 104 Å². The lowest BCUT2D eigenvalue weighted by molar-refractivity contribution is -0.123. The van der Waals surface area contributed by atoms with Crippen LogP contribution < -0.4 is 15.4 Å². The van der Waals surface area contributed by atoms with E-state index >= 15 is 0 Å². The summed E-state index contributed by atoms with van der Waals surface area (Å²) in [5, 5.41) is 6.17. The number of rotatable bonds is 7. The molecular weight excluding hydrogens is 438 g/mol. The zero-order valence-electron chi connectivity index (χ0n) is 17.4. The second-order valence-corrected chi connectivity index (χ2v) is 10.1. The molecule has 0 spiro atoms. The number of amides is 2. The van der Waals surface area contributed by atoms with E-state index in [1.807, 2.05) is 0 Å². The smallest absolute Gasteiger partial charge is 0.241 e. The molecule has 0 bridgehead atoms. The van der Waals surface area contributed by atoms with Crippen LogP contribution >= 0.6 is 11.6 Å². The second-order valence-electron chi connectivity index (χ2n) is 7.91. The molecule has 3 N–H and O–H groups in total. The summed E-state index contributed by atoms with van der Waals surface area (Å²) in [4.78, 5) is 24.5. The molecular formula is C22H26ClN3O4S. The van der Waals surface area contributed by atoms with Crippen molar-refractivity contribution >= 4 is 39.1 Å². The van der Waals surface area contributed by atoms with Crippen molar-refractivity contribution in [3.8, 4) is 0 Å². The maximum atomic E-state index is 13.0. The Morgan fingerprint density at radius 3 is 2.52 bits per heavy atom. The summed E-state index contributed by atoms with van der Waals surface area (Å²) in [6.45, 7) is 3.82. The summed E-state index contributed by atoms with van der Waals surface area (Å²) < 4.78 is 28.5. The molecule has 2 aromatic rings. The number of hydrogen-bond donors (Lipinski definition) is 3. The van der Waals surface area contributed by atoms with Crippen molar-refractivity contribution < 1.29 is 18.0 Å². The van der Waals surface area contributed by atoms with Crippen LogP contribution in [-0.4, -0.2) is 26.3 Å². The van der Waals surface area contributed by atoms with Gasteiger partial charge in [-0.15, -0.1) is 0 Å². The van der Waals surface area contributed by atoms with E-state index in [9.17, 15) is 18.0 Å². The average Bonchev–Trinajstić information content (AvgIpc) is 2.91. The predicted octanol–water partition coefficient (Wildman–Crippen LogP) is 3.23. The monoisotopic (exact) mass is 463 g/mol. The third-order valence-electron chi connectivity index (χ3n) is 5.12. The van der Waals surface area contributed by atoms with Gasteiger partial charge in [0.25, 0.3) is 0 Å². The van der Waals surface area contributed by atoms with Gasteiger partial charge in [-0.2, -0.15) is 4.72 Å². The molecule has 3 rings (SSSR count). The van der Waals surface area contributed by atoms with E-state index in [1.165, 1.54) is 6.07 Å². The predicted molar refractivity (Wildman–Crippen MR) is 120 cm³/mol. The van der Waals surface area contributed by atoms with Crippen molar-refractivity contribution in [1.82, 2.24) is 10.0 Å². The Morgan fingerprint density at radius 2 is 1.84 bits per heavy atom. The number of carbonyl (C=O) groups excluding carboxylic acids is 2. The summed E-state index contributed by atoms with van der Waals surface area (Å²) >= 11 is 5.87. The second kappa shape index (κ2) is 9.80. The minimum atomic E-state index is -3.94. The van der Waals surface area contributed by atoms with Crippen LogP contribution in [0, 0.1) is 5.92 Å². The van der Waals surface area contributed by atoms with Crippen molar-refractivity contribution in [3.05, 3.63) is 58.6 Å². The quantitative estimate of drug-likeness (QED) is 0.586. The number of nitrogens with one attached hydrogen (secondary N) is 3. The first kappa shape index (κ1) is 23.2. The molecule has 1 aliphatic rings. The average molecular weight is 464 g/mol. The molecule has 1 aliphatic heterocycles. The van der Waals surface area contributed by atoms with Crippen molar-refractivity contribution in [2.45, 2.75) is 50.6 Å². The summed E-state index contributed by atoms with van der Waals surface area (Å²) in [5.41, 5.74) is 2.25. The molecule has 0 radical (unpaired) electrons. The van der Waals surface area contributed by atoms with Gasteiger partial charge in [-0.25, -0.2) is 8.42 Å². The molecule has 0 unspecified atom stereocenters. The van der Waals surface area contributed by atoms with Crippen molar-refractivity contribution in [3.63, 3.8) is 0 Å². The zero-order valence-corrected chi connectivity index (χ0v) is 19.0. The van der Waals surface area contributed by atoms with Crippen LogP contribution in [0.4, 0.5) is 5.69 Å². The first-order valence-corrected chi connectivity index (χ1v) is 12.0. The van der Waals surface area contributed by atoms with Gasteiger partial charge in [-0.3, -0.25) is 9.59 Å². The Hall–Kier alpha value is -2.42. The largest absolute Gasteiger partial charge is 0.351 e. The van der Waals surface area contributed by atoms with Crippen LogP contribution in [0.1, 0.15) is 37.8 Å². The molecule has 2 aromatic carbocycles. The summed E-state index contributed by atoms with van der Waals surface area (Å²) in [5.74, 6) is -0.750. The third-order valence-corrected chi connectivity index (χ3v) is 6.81. The lowest BCUT2D eigenvalue weighted by Crippen LogP contribution is -2.49. The number of anilines is 1. The normalized spacial score (nSPS) is 15.0. The third kappa shape index (κ3) is 6.06. The highest BCUT2D eigenvalue weighted by atomic mass is 35.5. The van der Waals surface area contributed by atoms with E-state index in [1.54, 1.807) is 50.2 Å². The summed E-state index contributed by atoms with van der Waals surface area (Å²) in [7, 11) is -3.94. The van der Waals surface area contributed by atoms with Gasteiger partial charge < -0.3 is 10.6 Å². The Morgan fingerprint density at radius 1 is 1.13 bits per heavy atom. The Kier molecular flexibility index (Phi) is 7.35. The van der Waals surface area contributed by atoms with Crippen molar-refractivity contribution in [2.24, 2.45) is 5.92 Å². The molecule has 1 atom stereocenters. The van der Waals surface area contributed by atoms with Crippen LogP contribution in [-0.2, 0) is 32.6 Å². The SMILES string of the molecule is CC(C)[C@H](NS(=O)(=O)c1ccc2c(c1)CCCC(=O)N2)C(=O)NCc1ccc(Cl)cc1. The van der Waals surface area contributed by atoms with Gasteiger partial charge in [0, 0.05) is 23.7 Å². The summed E-state index contributed by atoms with van der Waals surface area (Å²) in [6.07, 6.45) is 1.66. The van der Waals surface area contributed by atoms with E-state index in [0.717, 1.165) is 11.1 Å². The highest BCUT2D eigenvalue weighted by Crippen LogP contribution is 2.25. The molecule has 31 heavy (non-hydrogen) atoms. The summed E-state index contributed by atoms with van der Waals surface area (Å²) in [6, 6.07) is 10.7. The lowest BCUT2D eigenvalue weighted by Gasteiger charge is -2.22. The fourth-order valence-corrected chi connectivity index (χ4v) is 4.87. The number of benzene rings is 2. The van der Waals surface area contributed by atoms with Gasteiger partial charge in [-0.1, -0.05) is 37.6 Å². The van der Waals surface area contributed by atoms with Gasteiger partial charge in [0.15, 0.2) is 0 Å². The minimum absolute atomic E-state index is 0.0681. The van der Waals surface area contributed by atoms with Crippen LogP contribution in [0.15, 0.2) is 47.4 Å². The minimum Gasteiger partial charge on any atom is -0.351 e. The van der Waals surface area contributed by atoms with E-state index in [4.69, 9.17) is 11.6 Å². The Balaban J connectivity index is 1.73. The van der Waals surface area contributed by atoms with Gasteiger partial charge >= 0.3 is 0 Å². The fourth-order valence-electron chi connectivity index (χ4n) is 3.35. The molecule has 0 aliphatic carbocycles. The van der Waals surface area contributed by atoms with Crippen molar-refractivity contribution in [2.75, 3.05) is 5.32 Å². The highest BCUT2D eigenvalue weighted by molar-refractivity contribution is 7.89. The first-order chi connectivity index (χ1) is 14.7. The van der Waals surface area contributed by atoms with Crippen LogP contribution in [0.25, 0.3) is 0 Å². The van der Waals surface area contributed by atoms with Crippen LogP contribution in [0.2, 0.25) is 5.02 Å². The van der Waals surface area contributed by atoms with Gasteiger partial charge in [0.2, 0.25) is 21.8 Å². The fraction of sp³-hybridized carbons (Fsp3) is 0.364. The van der Waals surface area contributed by atoms with E-state index in [0.29, 0.717) is 30.0 Å². The van der Waals surface area contributed by atoms with Gasteiger partial charge in [0.05, 0.1) is 4.90 Å². The Bertz CT molecular complexity index is 1070. The molecule has 9 heteroatoms. The maximum absolute atomic E-state index is 13.0. The van der Waals surface area contributed by atoms with E-state index in [-0.39, 0.29) is 23.3 Å². The van der Waals surface area contributed by atoms with Gasteiger partial charge in [0.1, 0.15) is 6.04 Å². The van der Waals surface area contributed by atoms with Crippen LogP contribution in [0.3, 0.4) is 0 Å². The van der Waals surface area contributed by atoms with E-state index < -0.39 is 22.0 Å². The van der Waals surface area contributed by atoms with Crippen LogP contribution in [0.5, 0.6) is 0 Å². The number of halogens is 1. The lowest BCUT2D eigenvalue weighted by atomic mass is 10.0. The standard InChI is InChI=1S/C22H26ClN3O4S/c1-14(2)21(22(28)24-13-15-6-8-17(23)9-7-15)26-31(29,30)18-10-11-19-16(12-18)4-3-5-20(27)25-19/h6-12,14,21,26H,3-5,13H2,1-2H3,(H,24,28)(H,25,27)/t21-/m0/s1. The number of hydrogen-bond acceptors (Lipinski definition) is 4.